The number of para-hydroxylation sites is 1. The van der Waals surface area contributed by atoms with Crippen molar-refractivity contribution < 1.29 is 23.1 Å². The minimum absolute atomic E-state index is 0.0242. The summed E-state index contributed by atoms with van der Waals surface area (Å²) < 4.78 is 25.6. The molecule has 106 valence electrons. The van der Waals surface area contributed by atoms with Crippen molar-refractivity contribution >= 4 is 27.6 Å². The van der Waals surface area contributed by atoms with Gasteiger partial charge in [0.25, 0.3) is 15.9 Å². The van der Waals surface area contributed by atoms with Crippen LogP contribution in [0, 0.1) is 0 Å². The number of amides is 1. The molecule has 0 fully saturated rings. The van der Waals surface area contributed by atoms with E-state index in [0.29, 0.717) is 4.31 Å². The van der Waals surface area contributed by atoms with Crippen LogP contribution in [0.4, 0.5) is 5.69 Å². The first-order valence-corrected chi connectivity index (χ1v) is 7.39. The van der Waals surface area contributed by atoms with Crippen molar-refractivity contribution in [3.8, 4) is 0 Å². The molecule has 2 aromatic rings. The highest BCUT2D eigenvalue weighted by molar-refractivity contribution is 7.94. The van der Waals surface area contributed by atoms with Gasteiger partial charge in [-0.3, -0.25) is 4.79 Å². The molecule has 2 aromatic carbocycles. The maximum atomic E-state index is 12.5. The predicted molar refractivity (Wildman–Crippen MR) is 73.8 cm³/mol. The van der Waals surface area contributed by atoms with Gasteiger partial charge in [-0.15, -0.1) is 0 Å². The van der Waals surface area contributed by atoms with Crippen molar-refractivity contribution in [2.45, 2.75) is 4.90 Å². The number of hydrogen-bond donors (Lipinski definition) is 1. The molecule has 6 nitrogen and oxygen atoms in total. The largest absolute Gasteiger partial charge is 0.478 e. The van der Waals surface area contributed by atoms with Crippen LogP contribution in [0.5, 0.6) is 0 Å². The first-order valence-electron chi connectivity index (χ1n) is 5.95. The Morgan fingerprint density at radius 1 is 1.05 bits per heavy atom. The van der Waals surface area contributed by atoms with Crippen molar-refractivity contribution in [1.82, 2.24) is 0 Å². The summed E-state index contributed by atoms with van der Waals surface area (Å²) in [6.07, 6.45) is 0. The number of carboxylic acid groups (broad SMARTS) is 1. The van der Waals surface area contributed by atoms with E-state index in [1.54, 1.807) is 18.2 Å². The lowest BCUT2D eigenvalue weighted by atomic mass is 10.1. The minimum Gasteiger partial charge on any atom is -0.478 e. The van der Waals surface area contributed by atoms with Gasteiger partial charge in [-0.05, 0) is 30.3 Å². The second-order valence-corrected chi connectivity index (χ2v) is 6.18. The molecule has 1 heterocycles. The average molecular weight is 303 g/mol. The van der Waals surface area contributed by atoms with Gasteiger partial charge < -0.3 is 5.11 Å². The molecule has 0 atom stereocenters. The zero-order chi connectivity index (χ0) is 15.2. The first-order chi connectivity index (χ1) is 9.93. The van der Waals surface area contributed by atoms with Gasteiger partial charge in [0, 0.05) is 0 Å². The number of hydrogen-bond acceptors (Lipinski definition) is 4. The fraction of sp³-hybridized carbons (Fsp3) is 0. The van der Waals surface area contributed by atoms with E-state index in [9.17, 15) is 18.0 Å². The van der Waals surface area contributed by atoms with Crippen LogP contribution < -0.4 is 4.31 Å². The molecule has 0 bridgehead atoms. The van der Waals surface area contributed by atoms with Gasteiger partial charge in [0.05, 0.1) is 16.8 Å². The second-order valence-electron chi connectivity index (χ2n) is 4.43. The molecule has 0 aliphatic carbocycles. The zero-order valence-electron chi connectivity index (χ0n) is 10.6. The topological polar surface area (TPSA) is 91.8 Å². The molecule has 1 aliphatic rings. The molecule has 7 heteroatoms. The van der Waals surface area contributed by atoms with Gasteiger partial charge in [-0.1, -0.05) is 18.2 Å². The SMILES string of the molecule is O=C(O)c1ccc2c(c1)S(=O)(=O)N(c1ccccc1)C2=O. The first kappa shape index (κ1) is 13.3. The number of aromatic carboxylic acids is 1. The fourth-order valence-corrected chi connectivity index (χ4v) is 3.80. The van der Waals surface area contributed by atoms with Gasteiger partial charge in [-0.2, -0.15) is 4.31 Å². The molecule has 0 saturated carbocycles. The van der Waals surface area contributed by atoms with Gasteiger partial charge in [-0.25, -0.2) is 13.2 Å². The Labute approximate surface area is 120 Å². The lowest BCUT2D eigenvalue weighted by Crippen LogP contribution is -2.29. The summed E-state index contributed by atoms with van der Waals surface area (Å²) in [5.74, 6) is -1.94. The molecule has 21 heavy (non-hydrogen) atoms. The van der Waals surface area contributed by atoms with Gasteiger partial charge in [0.1, 0.15) is 4.90 Å². The lowest BCUT2D eigenvalue weighted by molar-refractivity contribution is 0.0696. The van der Waals surface area contributed by atoms with E-state index in [1.165, 1.54) is 24.3 Å². The van der Waals surface area contributed by atoms with Crippen LogP contribution in [-0.2, 0) is 10.0 Å². The third-order valence-electron chi connectivity index (χ3n) is 3.15. The van der Waals surface area contributed by atoms with E-state index in [4.69, 9.17) is 5.11 Å². The van der Waals surface area contributed by atoms with Gasteiger partial charge in [0.15, 0.2) is 0 Å². The van der Waals surface area contributed by atoms with Crippen LogP contribution in [0.15, 0.2) is 53.4 Å². The summed E-state index contributed by atoms with van der Waals surface area (Å²) in [4.78, 5) is 23.0. The molecule has 1 aliphatic heterocycles. The number of carbonyl (C=O) groups is 2. The van der Waals surface area contributed by atoms with E-state index >= 15 is 0 Å². The summed E-state index contributed by atoms with van der Waals surface area (Å²) in [6, 6.07) is 11.4. The summed E-state index contributed by atoms with van der Waals surface area (Å²) in [6.45, 7) is 0. The van der Waals surface area contributed by atoms with E-state index < -0.39 is 21.9 Å². The summed E-state index contributed by atoms with van der Waals surface area (Å²) in [5.41, 5.74) is 0.0134. The number of carboxylic acids is 1. The molecule has 1 N–H and O–H groups in total. The molecule has 0 aromatic heterocycles. The van der Waals surface area contributed by atoms with Crippen LogP contribution in [0.2, 0.25) is 0 Å². The Morgan fingerprint density at radius 3 is 2.33 bits per heavy atom. The summed E-state index contributed by atoms with van der Waals surface area (Å²) in [5, 5.41) is 8.94. The van der Waals surface area contributed by atoms with Crippen molar-refractivity contribution in [1.29, 1.82) is 0 Å². The van der Waals surface area contributed by atoms with Crippen LogP contribution in [0.1, 0.15) is 20.7 Å². The monoisotopic (exact) mass is 303 g/mol. The number of rotatable bonds is 2. The Hall–Kier alpha value is -2.67. The molecule has 0 spiro atoms. The van der Waals surface area contributed by atoms with E-state index in [-0.39, 0.29) is 21.7 Å². The molecule has 1 amide bonds. The van der Waals surface area contributed by atoms with E-state index in [1.807, 2.05) is 0 Å². The highest BCUT2D eigenvalue weighted by Crippen LogP contribution is 2.34. The average Bonchev–Trinajstić information content (AvgIpc) is 2.66. The second kappa shape index (κ2) is 4.42. The highest BCUT2D eigenvalue weighted by atomic mass is 32.2. The van der Waals surface area contributed by atoms with Crippen molar-refractivity contribution in [3.63, 3.8) is 0 Å². The Kier molecular flexibility index (Phi) is 2.80. The molecule has 0 unspecified atom stereocenters. The maximum absolute atomic E-state index is 12.5. The third-order valence-corrected chi connectivity index (χ3v) is 4.90. The van der Waals surface area contributed by atoms with E-state index in [2.05, 4.69) is 0 Å². The molecule has 0 saturated heterocycles. The normalized spacial score (nSPS) is 15.8. The lowest BCUT2D eigenvalue weighted by Gasteiger charge is -2.14. The van der Waals surface area contributed by atoms with Crippen LogP contribution in [0.3, 0.4) is 0 Å². The van der Waals surface area contributed by atoms with Crippen LogP contribution in [-0.4, -0.2) is 25.4 Å². The fourth-order valence-electron chi connectivity index (χ4n) is 2.18. The van der Waals surface area contributed by atoms with Crippen molar-refractivity contribution in [2.75, 3.05) is 4.31 Å². The molecular formula is C14H9NO5S. The number of benzene rings is 2. The standard InChI is InChI=1S/C14H9NO5S/c16-13-11-7-6-9(14(17)18)8-12(11)21(19,20)15(13)10-4-2-1-3-5-10/h1-8H,(H,17,18). The maximum Gasteiger partial charge on any atom is 0.335 e. The quantitative estimate of drug-likeness (QED) is 0.912. The smallest absolute Gasteiger partial charge is 0.335 e. The van der Waals surface area contributed by atoms with Crippen molar-refractivity contribution in [2.24, 2.45) is 0 Å². The Morgan fingerprint density at radius 2 is 1.71 bits per heavy atom. The minimum atomic E-state index is -4.08. The molecule has 3 rings (SSSR count). The number of nitrogens with zero attached hydrogens (tertiary/aromatic N) is 1. The predicted octanol–water partition coefficient (Wildman–Crippen LogP) is 1.73. The van der Waals surface area contributed by atoms with Gasteiger partial charge in [0.2, 0.25) is 0 Å². The number of fused-ring (bicyclic) bond motifs is 1. The highest BCUT2D eigenvalue weighted by Gasteiger charge is 2.42. The molecule has 0 radical (unpaired) electrons. The van der Waals surface area contributed by atoms with Crippen molar-refractivity contribution in [3.05, 3.63) is 59.7 Å². The number of carbonyl (C=O) groups excluding carboxylic acids is 1. The Balaban J connectivity index is 2.22. The molecular weight excluding hydrogens is 294 g/mol. The van der Waals surface area contributed by atoms with Crippen LogP contribution in [0.25, 0.3) is 0 Å². The Bertz CT molecular complexity index is 858. The summed E-state index contributed by atoms with van der Waals surface area (Å²) in [7, 11) is -4.08. The van der Waals surface area contributed by atoms with E-state index in [0.717, 1.165) is 6.07 Å². The summed E-state index contributed by atoms with van der Waals surface area (Å²) >= 11 is 0. The number of anilines is 1. The van der Waals surface area contributed by atoms with Gasteiger partial charge >= 0.3 is 5.97 Å². The zero-order valence-corrected chi connectivity index (χ0v) is 11.4. The number of sulfonamides is 1. The third kappa shape index (κ3) is 1.90. The van der Waals surface area contributed by atoms with Crippen LogP contribution >= 0.6 is 0 Å².